The molecule has 0 bridgehead atoms. The topological polar surface area (TPSA) is 87.5 Å². The van der Waals surface area contributed by atoms with E-state index in [0.29, 0.717) is 32.6 Å². The van der Waals surface area contributed by atoms with E-state index < -0.39 is 5.97 Å². The standard InChI is InChI=1S/C27H26N2O5S/c1-17(2)34-26(31)21-11-9-20(10-12-21)15-29-16-28-24-22(25(29)30)18(3)23(35-24)27(32)33-14-13-19-7-5-4-6-8-19/h4-12,16-17H,13-15H2,1-3H3. The Labute approximate surface area is 207 Å². The molecule has 180 valence electrons. The Hall–Kier alpha value is -3.78. The van der Waals surface area contributed by atoms with E-state index in [1.807, 2.05) is 30.3 Å². The summed E-state index contributed by atoms with van der Waals surface area (Å²) in [5.41, 5.74) is 2.72. The highest BCUT2D eigenvalue weighted by molar-refractivity contribution is 7.20. The molecule has 0 aliphatic heterocycles. The van der Waals surface area contributed by atoms with E-state index in [4.69, 9.17) is 9.47 Å². The lowest BCUT2D eigenvalue weighted by Crippen LogP contribution is -2.21. The number of ether oxygens (including phenoxy) is 2. The fraction of sp³-hybridized carbons (Fsp3) is 0.259. The molecule has 0 saturated heterocycles. The van der Waals surface area contributed by atoms with Crippen LogP contribution in [0.2, 0.25) is 0 Å². The van der Waals surface area contributed by atoms with Crippen molar-refractivity contribution in [3.63, 3.8) is 0 Å². The smallest absolute Gasteiger partial charge is 0.348 e. The molecule has 7 nitrogen and oxygen atoms in total. The molecule has 0 spiro atoms. The molecule has 0 atom stereocenters. The van der Waals surface area contributed by atoms with Crippen LogP contribution in [0.1, 0.15) is 50.6 Å². The minimum absolute atomic E-state index is 0.196. The van der Waals surface area contributed by atoms with Gasteiger partial charge in [0.25, 0.3) is 5.56 Å². The quantitative estimate of drug-likeness (QED) is 0.330. The van der Waals surface area contributed by atoms with Crippen molar-refractivity contribution < 1.29 is 19.1 Å². The minimum atomic E-state index is -0.448. The first-order chi connectivity index (χ1) is 16.8. The summed E-state index contributed by atoms with van der Waals surface area (Å²) in [6.45, 7) is 5.88. The summed E-state index contributed by atoms with van der Waals surface area (Å²) >= 11 is 1.17. The van der Waals surface area contributed by atoms with E-state index in [1.54, 1.807) is 45.0 Å². The molecule has 2 heterocycles. The molecule has 4 rings (SSSR count). The van der Waals surface area contributed by atoms with Crippen LogP contribution in [-0.2, 0) is 22.4 Å². The Morgan fingerprint density at radius 3 is 2.40 bits per heavy atom. The maximum atomic E-state index is 13.2. The second-order valence-electron chi connectivity index (χ2n) is 8.44. The molecule has 0 amide bonds. The Balaban J connectivity index is 1.49. The van der Waals surface area contributed by atoms with Crippen molar-refractivity contribution in [2.45, 2.75) is 39.8 Å². The van der Waals surface area contributed by atoms with Gasteiger partial charge in [-0.3, -0.25) is 9.36 Å². The van der Waals surface area contributed by atoms with Gasteiger partial charge >= 0.3 is 11.9 Å². The Kier molecular flexibility index (Phi) is 7.41. The first kappa shape index (κ1) is 24.3. The number of rotatable bonds is 8. The number of fused-ring (bicyclic) bond motifs is 1. The maximum absolute atomic E-state index is 13.2. The Bertz CT molecular complexity index is 1410. The zero-order valence-corrected chi connectivity index (χ0v) is 20.6. The molecule has 4 aromatic rings. The summed E-state index contributed by atoms with van der Waals surface area (Å²) in [5, 5.41) is 0.421. The monoisotopic (exact) mass is 490 g/mol. The Morgan fingerprint density at radius 2 is 1.71 bits per heavy atom. The van der Waals surface area contributed by atoms with E-state index in [2.05, 4.69) is 4.98 Å². The van der Waals surface area contributed by atoms with Gasteiger partial charge in [-0.1, -0.05) is 42.5 Å². The molecule has 0 fully saturated rings. The number of carbonyl (C=O) groups is 2. The predicted molar refractivity (Wildman–Crippen MR) is 135 cm³/mol. The van der Waals surface area contributed by atoms with Crippen molar-refractivity contribution in [2.75, 3.05) is 6.61 Å². The van der Waals surface area contributed by atoms with Crippen LogP contribution >= 0.6 is 11.3 Å². The zero-order chi connectivity index (χ0) is 24.9. The SMILES string of the molecule is Cc1c(C(=O)OCCc2ccccc2)sc2ncn(Cc3ccc(C(=O)OC(C)C)cc3)c(=O)c12. The van der Waals surface area contributed by atoms with Crippen molar-refractivity contribution in [1.29, 1.82) is 0 Å². The molecule has 2 aromatic carbocycles. The van der Waals surface area contributed by atoms with Crippen molar-refractivity contribution in [3.05, 3.63) is 98.4 Å². The minimum Gasteiger partial charge on any atom is -0.461 e. The van der Waals surface area contributed by atoms with Crippen LogP contribution < -0.4 is 5.56 Å². The van der Waals surface area contributed by atoms with E-state index in [-0.39, 0.29) is 30.8 Å². The van der Waals surface area contributed by atoms with E-state index in [1.165, 1.54) is 22.2 Å². The molecule has 0 unspecified atom stereocenters. The number of hydrogen-bond donors (Lipinski definition) is 0. The van der Waals surface area contributed by atoms with E-state index >= 15 is 0 Å². The van der Waals surface area contributed by atoms with Crippen LogP contribution in [-0.4, -0.2) is 34.2 Å². The molecule has 35 heavy (non-hydrogen) atoms. The number of carbonyl (C=O) groups excluding carboxylic acids is 2. The van der Waals surface area contributed by atoms with Gasteiger partial charge in [-0.05, 0) is 49.6 Å². The zero-order valence-electron chi connectivity index (χ0n) is 19.8. The summed E-state index contributed by atoms with van der Waals surface area (Å²) < 4.78 is 12.2. The van der Waals surface area contributed by atoms with Crippen LogP contribution in [0.3, 0.4) is 0 Å². The average Bonchev–Trinajstić information content (AvgIpc) is 3.18. The third-order valence-electron chi connectivity index (χ3n) is 5.45. The molecule has 0 aliphatic rings. The fourth-order valence-corrected chi connectivity index (χ4v) is 4.70. The van der Waals surface area contributed by atoms with Gasteiger partial charge in [-0.2, -0.15) is 0 Å². The highest BCUT2D eigenvalue weighted by Crippen LogP contribution is 2.27. The largest absolute Gasteiger partial charge is 0.461 e. The molecule has 8 heteroatoms. The van der Waals surface area contributed by atoms with E-state index in [0.717, 1.165) is 11.1 Å². The van der Waals surface area contributed by atoms with Gasteiger partial charge in [-0.25, -0.2) is 14.6 Å². The summed E-state index contributed by atoms with van der Waals surface area (Å²) in [7, 11) is 0. The fourth-order valence-electron chi connectivity index (χ4n) is 3.66. The van der Waals surface area contributed by atoms with Gasteiger partial charge in [0.05, 0.1) is 36.5 Å². The summed E-state index contributed by atoms with van der Waals surface area (Å²) in [4.78, 5) is 43.2. The highest BCUT2D eigenvalue weighted by Gasteiger charge is 2.20. The number of hydrogen-bond acceptors (Lipinski definition) is 7. The molecule has 0 radical (unpaired) electrons. The third kappa shape index (κ3) is 5.66. The molecular weight excluding hydrogens is 464 g/mol. The molecule has 0 aliphatic carbocycles. The van der Waals surface area contributed by atoms with Gasteiger partial charge in [-0.15, -0.1) is 11.3 Å². The van der Waals surface area contributed by atoms with Gasteiger partial charge in [0, 0.05) is 6.42 Å². The average molecular weight is 491 g/mol. The number of aryl methyl sites for hydroxylation is 1. The van der Waals surface area contributed by atoms with Crippen LogP contribution in [0.4, 0.5) is 0 Å². The molecule has 0 saturated carbocycles. The second kappa shape index (κ2) is 10.7. The van der Waals surface area contributed by atoms with Crippen LogP contribution in [0.15, 0.2) is 65.7 Å². The number of esters is 2. The molecule has 2 aromatic heterocycles. The van der Waals surface area contributed by atoms with Gasteiger partial charge in [0.2, 0.25) is 0 Å². The van der Waals surface area contributed by atoms with Crippen LogP contribution in [0.5, 0.6) is 0 Å². The normalized spacial score (nSPS) is 11.1. The van der Waals surface area contributed by atoms with Crippen LogP contribution in [0.25, 0.3) is 10.2 Å². The lowest BCUT2D eigenvalue weighted by molar-refractivity contribution is 0.0377. The van der Waals surface area contributed by atoms with Crippen molar-refractivity contribution in [2.24, 2.45) is 0 Å². The lowest BCUT2D eigenvalue weighted by Gasteiger charge is -2.09. The van der Waals surface area contributed by atoms with Gasteiger partial charge in [0.1, 0.15) is 9.71 Å². The lowest BCUT2D eigenvalue weighted by atomic mass is 10.1. The molecular formula is C27H26N2O5S. The van der Waals surface area contributed by atoms with Crippen LogP contribution in [0, 0.1) is 6.92 Å². The number of thiophene rings is 1. The third-order valence-corrected chi connectivity index (χ3v) is 6.63. The van der Waals surface area contributed by atoms with Crippen molar-refractivity contribution >= 4 is 33.5 Å². The van der Waals surface area contributed by atoms with Crippen molar-refractivity contribution in [3.8, 4) is 0 Å². The van der Waals surface area contributed by atoms with Gasteiger partial charge < -0.3 is 9.47 Å². The second-order valence-corrected chi connectivity index (χ2v) is 9.44. The number of nitrogens with zero attached hydrogens (tertiary/aromatic N) is 2. The summed E-state index contributed by atoms with van der Waals surface area (Å²) in [6, 6.07) is 16.7. The first-order valence-corrected chi connectivity index (χ1v) is 12.1. The van der Waals surface area contributed by atoms with E-state index in [9.17, 15) is 14.4 Å². The number of benzene rings is 2. The predicted octanol–water partition coefficient (Wildman–Crippen LogP) is 4.78. The summed E-state index contributed by atoms with van der Waals surface area (Å²) in [5.74, 6) is -0.833. The maximum Gasteiger partial charge on any atom is 0.348 e. The van der Waals surface area contributed by atoms with Gasteiger partial charge in [0.15, 0.2) is 0 Å². The van der Waals surface area contributed by atoms with Crippen molar-refractivity contribution in [1.82, 2.24) is 9.55 Å². The Morgan fingerprint density at radius 1 is 1.00 bits per heavy atom. The highest BCUT2D eigenvalue weighted by atomic mass is 32.1. The number of aromatic nitrogens is 2. The molecule has 0 N–H and O–H groups in total. The first-order valence-electron chi connectivity index (χ1n) is 11.3. The summed E-state index contributed by atoms with van der Waals surface area (Å²) in [6.07, 6.45) is 1.90.